The first-order valence-corrected chi connectivity index (χ1v) is 7.68. The fourth-order valence-corrected chi connectivity index (χ4v) is 2.68. The zero-order chi connectivity index (χ0) is 14.9. The Balaban J connectivity index is 1.55. The first-order chi connectivity index (χ1) is 10.3. The molecule has 4 heteroatoms. The molecule has 1 aliphatic rings. The SMILES string of the molecule is COCC1CCN(C(=O)CCCOCc2ccccc2)C1. The molecule has 1 aromatic rings. The lowest BCUT2D eigenvalue weighted by atomic mass is 10.1. The van der Waals surface area contributed by atoms with Crippen LogP contribution in [0.2, 0.25) is 0 Å². The number of benzene rings is 1. The van der Waals surface area contributed by atoms with Gasteiger partial charge < -0.3 is 14.4 Å². The molecule has 1 unspecified atom stereocenters. The Bertz CT molecular complexity index is 421. The van der Waals surface area contributed by atoms with Gasteiger partial charge in [-0.1, -0.05) is 30.3 Å². The molecule has 0 bridgehead atoms. The molecule has 4 nitrogen and oxygen atoms in total. The summed E-state index contributed by atoms with van der Waals surface area (Å²) in [6, 6.07) is 10.1. The monoisotopic (exact) mass is 291 g/mol. The summed E-state index contributed by atoms with van der Waals surface area (Å²) in [6.07, 6.45) is 2.43. The van der Waals surface area contributed by atoms with Crippen LogP contribution in [-0.4, -0.2) is 44.2 Å². The van der Waals surface area contributed by atoms with Gasteiger partial charge in [-0.05, 0) is 18.4 Å². The predicted molar refractivity (Wildman–Crippen MR) is 81.9 cm³/mol. The maximum atomic E-state index is 12.1. The van der Waals surface area contributed by atoms with Gasteiger partial charge in [0.2, 0.25) is 5.91 Å². The first kappa shape index (κ1) is 16.0. The molecule has 1 fully saturated rings. The van der Waals surface area contributed by atoms with Crippen molar-refractivity contribution < 1.29 is 14.3 Å². The molecule has 116 valence electrons. The lowest BCUT2D eigenvalue weighted by Gasteiger charge is -2.16. The molecule has 1 aromatic carbocycles. The lowest BCUT2D eigenvalue weighted by Crippen LogP contribution is -2.29. The summed E-state index contributed by atoms with van der Waals surface area (Å²) in [6.45, 7) is 3.73. The van der Waals surface area contributed by atoms with Crippen molar-refractivity contribution >= 4 is 5.91 Å². The Hall–Kier alpha value is -1.39. The number of ether oxygens (including phenoxy) is 2. The van der Waals surface area contributed by atoms with Crippen molar-refractivity contribution in [1.82, 2.24) is 4.90 Å². The van der Waals surface area contributed by atoms with E-state index in [9.17, 15) is 4.79 Å². The van der Waals surface area contributed by atoms with Crippen molar-refractivity contribution in [2.45, 2.75) is 25.9 Å². The quantitative estimate of drug-likeness (QED) is 0.691. The zero-order valence-corrected chi connectivity index (χ0v) is 12.8. The third-order valence-corrected chi connectivity index (χ3v) is 3.83. The van der Waals surface area contributed by atoms with Gasteiger partial charge in [-0.15, -0.1) is 0 Å². The maximum absolute atomic E-state index is 12.1. The van der Waals surface area contributed by atoms with Crippen LogP contribution in [0.15, 0.2) is 30.3 Å². The highest BCUT2D eigenvalue weighted by Crippen LogP contribution is 2.17. The van der Waals surface area contributed by atoms with E-state index in [1.54, 1.807) is 7.11 Å². The fraction of sp³-hybridized carbons (Fsp3) is 0.588. The largest absolute Gasteiger partial charge is 0.384 e. The second-order valence-corrected chi connectivity index (χ2v) is 5.59. The van der Waals surface area contributed by atoms with Crippen molar-refractivity contribution in [3.63, 3.8) is 0 Å². The second kappa shape index (κ2) is 8.80. The zero-order valence-electron chi connectivity index (χ0n) is 12.8. The number of nitrogens with zero attached hydrogens (tertiary/aromatic N) is 1. The van der Waals surface area contributed by atoms with Gasteiger partial charge in [0.05, 0.1) is 13.2 Å². The Morgan fingerprint density at radius 1 is 1.33 bits per heavy atom. The van der Waals surface area contributed by atoms with E-state index in [-0.39, 0.29) is 5.91 Å². The summed E-state index contributed by atoms with van der Waals surface area (Å²) in [5.74, 6) is 0.755. The Morgan fingerprint density at radius 2 is 2.14 bits per heavy atom. The van der Waals surface area contributed by atoms with Crippen molar-refractivity contribution in [1.29, 1.82) is 0 Å². The third kappa shape index (κ3) is 5.48. The average molecular weight is 291 g/mol. The summed E-state index contributed by atoms with van der Waals surface area (Å²) in [5.41, 5.74) is 1.17. The van der Waals surface area contributed by atoms with E-state index in [0.29, 0.717) is 25.6 Å². The van der Waals surface area contributed by atoms with Crippen LogP contribution < -0.4 is 0 Å². The van der Waals surface area contributed by atoms with Crippen LogP contribution in [0.25, 0.3) is 0 Å². The summed E-state index contributed by atoms with van der Waals surface area (Å²) < 4.78 is 10.8. The van der Waals surface area contributed by atoms with E-state index >= 15 is 0 Å². The normalized spacial score (nSPS) is 18.1. The predicted octanol–water partition coefficient (Wildman–Crippen LogP) is 2.48. The van der Waals surface area contributed by atoms with Gasteiger partial charge in [0.15, 0.2) is 0 Å². The van der Waals surface area contributed by atoms with Crippen LogP contribution >= 0.6 is 0 Å². The Kier molecular flexibility index (Phi) is 6.70. The van der Waals surface area contributed by atoms with Gasteiger partial charge in [-0.3, -0.25) is 4.79 Å². The number of hydrogen-bond donors (Lipinski definition) is 0. The molecule has 0 N–H and O–H groups in total. The smallest absolute Gasteiger partial charge is 0.222 e. The fourth-order valence-electron chi connectivity index (χ4n) is 2.68. The molecular formula is C17H25NO3. The van der Waals surface area contributed by atoms with E-state index in [1.807, 2.05) is 35.2 Å². The molecule has 0 aliphatic carbocycles. The van der Waals surface area contributed by atoms with Crippen LogP contribution in [-0.2, 0) is 20.9 Å². The topological polar surface area (TPSA) is 38.8 Å². The van der Waals surface area contributed by atoms with Gasteiger partial charge in [0, 0.05) is 39.1 Å². The Labute approximate surface area is 127 Å². The second-order valence-electron chi connectivity index (χ2n) is 5.59. The number of rotatable bonds is 8. The number of hydrogen-bond acceptors (Lipinski definition) is 3. The van der Waals surface area contributed by atoms with Crippen molar-refractivity contribution in [3.05, 3.63) is 35.9 Å². The highest BCUT2D eigenvalue weighted by Gasteiger charge is 2.25. The van der Waals surface area contributed by atoms with Crippen molar-refractivity contribution in [2.75, 3.05) is 33.4 Å². The van der Waals surface area contributed by atoms with E-state index in [2.05, 4.69) is 0 Å². The summed E-state index contributed by atoms with van der Waals surface area (Å²) in [5, 5.41) is 0. The molecule has 1 atom stereocenters. The molecule has 0 radical (unpaired) electrons. The van der Waals surface area contributed by atoms with Crippen LogP contribution in [0.1, 0.15) is 24.8 Å². The van der Waals surface area contributed by atoms with Crippen LogP contribution in [0.3, 0.4) is 0 Å². The maximum Gasteiger partial charge on any atom is 0.222 e. The minimum Gasteiger partial charge on any atom is -0.384 e. The standard InChI is InChI=1S/C17H25NO3/c1-20-13-16-9-10-18(12-16)17(19)8-5-11-21-14-15-6-3-2-4-7-15/h2-4,6-7,16H,5,8-14H2,1H3. The lowest BCUT2D eigenvalue weighted by molar-refractivity contribution is -0.130. The number of amides is 1. The van der Waals surface area contributed by atoms with Gasteiger partial charge in [-0.2, -0.15) is 0 Å². The highest BCUT2D eigenvalue weighted by molar-refractivity contribution is 5.76. The van der Waals surface area contributed by atoms with E-state index in [0.717, 1.165) is 32.5 Å². The highest BCUT2D eigenvalue weighted by atomic mass is 16.5. The number of carbonyl (C=O) groups excluding carboxylic acids is 1. The number of methoxy groups -OCH3 is 1. The van der Waals surface area contributed by atoms with E-state index in [1.165, 1.54) is 5.56 Å². The molecule has 21 heavy (non-hydrogen) atoms. The minimum absolute atomic E-state index is 0.247. The van der Waals surface area contributed by atoms with Gasteiger partial charge in [0.25, 0.3) is 0 Å². The molecule has 0 saturated carbocycles. The molecule has 1 amide bonds. The van der Waals surface area contributed by atoms with Crippen LogP contribution in [0, 0.1) is 5.92 Å². The number of carbonyl (C=O) groups is 1. The summed E-state index contributed by atoms with van der Waals surface area (Å²) in [4.78, 5) is 14.0. The van der Waals surface area contributed by atoms with Crippen molar-refractivity contribution in [2.24, 2.45) is 5.92 Å². The molecule has 1 saturated heterocycles. The third-order valence-electron chi connectivity index (χ3n) is 3.83. The molecular weight excluding hydrogens is 266 g/mol. The Morgan fingerprint density at radius 3 is 2.90 bits per heavy atom. The summed E-state index contributed by atoms with van der Waals surface area (Å²) in [7, 11) is 1.72. The average Bonchev–Trinajstić information content (AvgIpc) is 2.97. The molecule has 0 aromatic heterocycles. The molecule has 0 spiro atoms. The number of likely N-dealkylation sites (tertiary alicyclic amines) is 1. The van der Waals surface area contributed by atoms with Gasteiger partial charge in [-0.25, -0.2) is 0 Å². The van der Waals surface area contributed by atoms with Crippen LogP contribution in [0.5, 0.6) is 0 Å². The van der Waals surface area contributed by atoms with E-state index < -0.39 is 0 Å². The van der Waals surface area contributed by atoms with Crippen molar-refractivity contribution in [3.8, 4) is 0 Å². The van der Waals surface area contributed by atoms with Gasteiger partial charge >= 0.3 is 0 Å². The van der Waals surface area contributed by atoms with E-state index in [4.69, 9.17) is 9.47 Å². The first-order valence-electron chi connectivity index (χ1n) is 7.68. The van der Waals surface area contributed by atoms with Gasteiger partial charge in [0.1, 0.15) is 0 Å². The van der Waals surface area contributed by atoms with Crippen LogP contribution in [0.4, 0.5) is 0 Å². The molecule has 2 rings (SSSR count). The molecule has 1 heterocycles. The minimum atomic E-state index is 0.247. The molecule has 1 aliphatic heterocycles. The summed E-state index contributed by atoms with van der Waals surface area (Å²) >= 11 is 0.